The molecule has 0 spiro atoms. The van der Waals surface area contributed by atoms with Gasteiger partial charge in [0, 0.05) is 11.3 Å². The van der Waals surface area contributed by atoms with Gasteiger partial charge in [0.15, 0.2) is 0 Å². The first-order valence-electron chi connectivity index (χ1n) is 6.64. The lowest BCUT2D eigenvalue weighted by atomic mass is 9.84. The number of carbonyl (C=O) groups excluding carboxylic acids is 1. The molecule has 3 nitrogen and oxygen atoms in total. The van der Waals surface area contributed by atoms with Gasteiger partial charge in [-0.1, -0.05) is 18.3 Å². The average Bonchev–Trinajstić information content (AvgIpc) is 2.77. The molecule has 2 rings (SSSR count). The van der Waals surface area contributed by atoms with E-state index in [1.54, 1.807) is 0 Å². The second-order valence-electron chi connectivity index (χ2n) is 5.01. The fraction of sp³-hybridized carbons (Fsp3) is 0.533. The standard InChI is InChI=1S/C15H19NO2S2/c1-11-9-13(20-12(11)5-3-8-17)14(18)16-10-15(19-2)6-4-7-15/h9,17H,4,6-8,10H2,1-2H3,(H,16,18). The normalized spacial score (nSPS) is 15.9. The highest BCUT2D eigenvalue weighted by Gasteiger charge is 2.36. The van der Waals surface area contributed by atoms with Crippen LogP contribution in [-0.4, -0.2) is 35.2 Å². The summed E-state index contributed by atoms with van der Waals surface area (Å²) >= 11 is 3.24. The van der Waals surface area contributed by atoms with Crippen molar-refractivity contribution in [1.82, 2.24) is 5.32 Å². The highest BCUT2D eigenvalue weighted by molar-refractivity contribution is 8.00. The van der Waals surface area contributed by atoms with E-state index < -0.39 is 0 Å². The Morgan fingerprint density at radius 2 is 2.35 bits per heavy atom. The molecule has 0 bridgehead atoms. The van der Waals surface area contributed by atoms with Crippen molar-refractivity contribution in [1.29, 1.82) is 0 Å². The van der Waals surface area contributed by atoms with Crippen LogP contribution in [0, 0.1) is 18.8 Å². The van der Waals surface area contributed by atoms with E-state index in [2.05, 4.69) is 23.4 Å². The van der Waals surface area contributed by atoms with Crippen LogP contribution in [0.25, 0.3) is 0 Å². The molecule has 1 aromatic rings. The third-order valence-electron chi connectivity index (χ3n) is 3.69. The van der Waals surface area contributed by atoms with Gasteiger partial charge in [0.25, 0.3) is 5.91 Å². The second-order valence-corrected chi connectivity index (χ2v) is 7.33. The molecule has 0 atom stereocenters. The molecular formula is C15H19NO2S2. The summed E-state index contributed by atoms with van der Waals surface area (Å²) in [7, 11) is 0. The van der Waals surface area contributed by atoms with E-state index in [-0.39, 0.29) is 17.3 Å². The van der Waals surface area contributed by atoms with Crippen molar-refractivity contribution in [3.8, 4) is 11.8 Å². The van der Waals surface area contributed by atoms with E-state index in [4.69, 9.17) is 5.11 Å². The van der Waals surface area contributed by atoms with Crippen LogP contribution in [0.2, 0.25) is 0 Å². The summed E-state index contributed by atoms with van der Waals surface area (Å²) in [6, 6.07) is 1.87. The molecule has 0 radical (unpaired) electrons. The number of rotatable bonds is 4. The number of aliphatic hydroxyl groups excluding tert-OH is 1. The van der Waals surface area contributed by atoms with Gasteiger partial charge in [-0.25, -0.2) is 0 Å². The number of thiophene rings is 1. The van der Waals surface area contributed by atoms with Crippen molar-refractivity contribution < 1.29 is 9.90 Å². The summed E-state index contributed by atoms with van der Waals surface area (Å²) in [5, 5.41) is 11.8. The van der Waals surface area contributed by atoms with E-state index in [0.717, 1.165) is 17.0 Å². The number of carbonyl (C=O) groups is 1. The molecule has 1 aliphatic carbocycles. The number of amides is 1. The summed E-state index contributed by atoms with van der Waals surface area (Å²) in [6.07, 6.45) is 5.75. The molecule has 20 heavy (non-hydrogen) atoms. The fourth-order valence-electron chi connectivity index (χ4n) is 2.19. The molecular weight excluding hydrogens is 290 g/mol. The van der Waals surface area contributed by atoms with Gasteiger partial charge < -0.3 is 10.4 Å². The van der Waals surface area contributed by atoms with Crippen molar-refractivity contribution in [3.63, 3.8) is 0 Å². The summed E-state index contributed by atoms with van der Waals surface area (Å²) in [4.78, 5) is 13.7. The van der Waals surface area contributed by atoms with Crippen LogP contribution in [-0.2, 0) is 0 Å². The average molecular weight is 309 g/mol. The van der Waals surface area contributed by atoms with Crippen LogP contribution in [0.15, 0.2) is 6.07 Å². The van der Waals surface area contributed by atoms with Crippen LogP contribution < -0.4 is 5.32 Å². The minimum Gasteiger partial charge on any atom is -0.384 e. The molecule has 1 aliphatic rings. The lowest BCUT2D eigenvalue weighted by molar-refractivity contribution is 0.0948. The van der Waals surface area contributed by atoms with Gasteiger partial charge in [0.1, 0.15) is 6.61 Å². The van der Waals surface area contributed by atoms with Crippen LogP contribution in [0.5, 0.6) is 0 Å². The van der Waals surface area contributed by atoms with Crippen molar-refractivity contribution in [2.45, 2.75) is 30.9 Å². The number of hydrogen-bond donors (Lipinski definition) is 2. The Labute approximate surface area is 128 Å². The van der Waals surface area contributed by atoms with E-state index in [0.29, 0.717) is 4.88 Å². The van der Waals surface area contributed by atoms with Gasteiger partial charge in [0.05, 0.1) is 9.75 Å². The van der Waals surface area contributed by atoms with Crippen molar-refractivity contribution in [2.24, 2.45) is 0 Å². The predicted molar refractivity (Wildman–Crippen MR) is 85.5 cm³/mol. The molecule has 0 aromatic carbocycles. The molecule has 1 saturated carbocycles. The molecule has 0 saturated heterocycles. The maximum atomic E-state index is 12.2. The zero-order valence-electron chi connectivity index (χ0n) is 11.8. The molecule has 1 aromatic heterocycles. The van der Waals surface area contributed by atoms with Crippen molar-refractivity contribution >= 4 is 29.0 Å². The van der Waals surface area contributed by atoms with Crippen molar-refractivity contribution in [2.75, 3.05) is 19.4 Å². The Hall–Kier alpha value is -0.960. The first kappa shape index (κ1) is 15.4. The SMILES string of the molecule is CSC1(CNC(=O)c2cc(C)c(C#CCO)s2)CCC1. The summed E-state index contributed by atoms with van der Waals surface area (Å²) in [5.41, 5.74) is 0.990. The fourth-order valence-corrected chi connectivity index (χ4v) is 4.07. The van der Waals surface area contributed by atoms with Gasteiger partial charge in [-0.15, -0.1) is 11.3 Å². The topological polar surface area (TPSA) is 49.3 Å². The third kappa shape index (κ3) is 3.38. The molecule has 2 N–H and O–H groups in total. The molecule has 1 amide bonds. The van der Waals surface area contributed by atoms with Gasteiger partial charge in [-0.05, 0) is 37.7 Å². The van der Waals surface area contributed by atoms with Crippen LogP contribution >= 0.6 is 23.1 Å². The van der Waals surface area contributed by atoms with E-state index in [9.17, 15) is 4.79 Å². The van der Waals surface area contributed by atoms with Crippen LogP contribution in [0.3, 0.4) is 0 Å². The monoisotopic (exact) mass is 309 g/mol. The smallest absolute Gasteiger partial charge is 0.261 e. The van der Waals surface area contributed by atoms with Gasteiger partial charge in [-0.3, -0.25) is 4.79 Å². The molecule has 1 heterocycles. The first-order chi connectivity index (χ1) is 9.60. The number of thioether (sulfide) groups is 1. The van der Waals surface area contributed by atoms with E-state index >= 15 is 0 Å². The number of hydrogen-bond acceptors (Lipinski definition) is 4. The number of aliphatic hydroxyl groups is 1. The maximum absolute atomic E-state index is 12.2. The largest absolute Gasteiger partial charge is 0.384 e. The summed E-state index contributed by atoms with van der Waals surface area (Å²) < 4.78 is 0.251. The zero-order valence-corrected chi connectivity index (χ0v) is 13.4. The Bertz CT molecular complexity index is 544. The first-order valence-corrected chi connectivity index (χ1v) is 8.68. The van der Waals surface area contributed by atoms with E-state index in [1.165, 1.54) is 30.6 Å². The van der Waals surface area contributed by atoms with Gasteiger partial charge in [0.2, 0.25) is 0 Å². The van der Waals surface area contributed by atoms with Crippen LogP contribution in [0.4, 0.5) is 0 Å². The summed E-state index contributed by atoms with van der Waals surface area (Å²) in [6.45, 7) is 2.51. The quantitative estimate of drug-likeness (QED) is 0.840. The number of aryl methyl sites for hydroxylation is 1. The minimum absolute atomic E-state index is 0.0181. The van der Waals surface area contributed by atoms with E-state index in [1.807, 2.05) is 24.8 Å². The van der Waals surface area contributed by atoms with Crippen molar-refractivity contribution in [3.05, 3.63) is 21.4 Å². The lowest BCUT2D eigenvalue weighted by Gasteiger charge is -2.40. The molecule has 5 heteroatoms. The Morgan fingerprint density at radius 3 is 2.90 bits per heavy atom. The zero-order chi connectivity index (χ0) is 14.6. The molecule has 108 valence electrons. The van der Waals surface area contributed by atoms with Gasteiger partial charge >= 0.3 is 0 Å². The highest BCUT2D eigenvalue weighted by atomic mass is 32.2. The Morgan fingerprint density at radius 1 is 1.60 bits per heavy atom. The molecule has 1 fully saturated rings. The lowest BCUT2D eigenvalue weighted by Crippen LogP contribution is -2.45. The summed E-state index contributed by atoms with van der Waals surface area (Å²) in [5.74, 6) is 5.48. The van der Waals surface area contributed by atoms with Gasteiger partial charge in [-0.2, -0.15) is 11.8 Å². The van der Waals surface area contributed by atoms with Crippen LogP contribution in [0.1, 0.15) is 39.4 Å². The predicted octanol–water partition coefficient (Wildman–Crippen LogP) is 2.42. The number of nitrogens with one attached hydrogen (secondary N) is 1. The second kappa shape index (κ2) is 6.66. The minimum atomic E-state index is -0.158. The Balaban J connectivity index is 1.99. The molecule has 0 unspecified atom stereocenters. The highest BCUT2D eigenvalue weighted by Crippen LogP contribution is 2.42. The molecule has 0 aliphatic heterocycles. The third-order valence-corrected chi connectivity index (χ3v) is 6.26. The Kier molecular flexibility index (Phi) is 5.14. The maximum Gasteiger partial charge on any atom is 0.261 e.